The van der Waals surface area contributed by atoms with E-state index in [9.17, 15) is 0 Å². The topological polar surface area (TPSA) is 55.2 Å². The van der Waals surface area contributed by atoms with Crippen LogP contribution < -0.4 is 10.1 Å². The zero-order valence-corrected chi connectivity index (χ0v) is 14.8. The van der Waals surface area contributed by atoms with Gasteiger partial charge in [0, 0.05) is 25.6 Å². The molecule has 3 rings (SSSR count). The molecule has 0 saturated heterocycles. The van der Waals surface area contributed by atoms with Gasteiger partial charge in [0.1, 0.15) is 24.0 Å². The van der Waals surface area contributed by atoms with Crippen LogP contribution in [0.15, 0.2) is 24.3 Å². The molecule has 0 aliphatic carbocycles. The molecule has 0 amide bonds. The minimum absolute atomic E-state index is 0.453. The molecule has 0 saturated carbocycles. The van der Waals surface area contributed by atoms with Crippen molar-refractivity contribution in [3.63, 3.8) is 0 Å². The van der Waals surface area contributed by atoms with Crippen molar-refractivity contribution in [2.24, 2.45) is 0 Å². The highest BCUT2D eigenvalue weighted by Gasteiger charge is 2.20. The molecule has 0 radical (unpaired) electrons. The Labute approximate surface area is 143 Å². The van der Waals surface area contributed by atoms with E-state index in [4.69, 9.17) is 4.74 Å². The molecule has 130 valence electrons. The van der Waals surface area contributed by atoms with Gasteiger partial charge in [-0.2, -0.15) is 5.10 Å². The number of hydrogen-bond acceptors (Lipinski definition) is 5. The van der Waals surface area contributed by atoms with Gasteiger partial charge < -0.3 is 15.0 Å². The maximum atomic E-state index is 5.73. The molecule has 1 aromatic carbocycles. The summed E-state index contributed by atoms with van der Waals surface area (Å²) in [5.74, 6) is 2.92. The summed E-state index contributed by atoms with van der Waals surface area (Å²) >= 11 is 0. The third kappa shape index (κ3) is 4.55. The number of nitrogens with one attached hydrogen (secondary N) is 1. The Balaban J connectivity index is 1.45. The number of likely N-dealkylation sites (N-methyl/N-ethyl adjacent to an activating group) is 1. The maximum absolute atomic E-state index is 5.73. The largest absolute Gasteiger partial charge is 0.492 e. The molecule has 1 aliphatic rings. The number of aryl methyl sites for hydroxylation is 2. The molecule has 6 nitrogen and oxygen atoms in total. The van der Waals surface area contributed by atoms with Crippen molar-refractivity contribution in [3.05, 3.63) is 41.5 Å². The van der Waals surface area contributed by atoms with Gasteiger partial charge in [0.15, 0.2) is 0 Å². The summed E-state index contributed by atoms with van der Waals surface area (Å²) in [6.45, 7) is 5.37. The van der Waals surface area contributed by atoms with Crippen LogP contribution in [0.3, 0.4) is 0 Å². The number of aromatic nitrogens is 3. The Morgan fingerprint density at radius 2 is 2.08 bits per heavy atom. The number of nitrogens with zero attached hydrogens (tertiary/aromatic N) is 4. The summed E-state index contributed by atoms with van der Waals surface area (Å²) in [7, 11) is 4.10. The molecule has 2 aromatic rings. The first-order chi connectivity index (χ1) is 11.6. The third-order valence-electron chi connectivity index (χ3n) is 4.29. The molecular weight excluding hydrogens is 302 g/mol. The van der Waals surface area contributed by atoms with Crippen molar-refractivity contribution in [2.75, 3.05) is 27.2 Å². The van der Waals surface area contributed by atoms with Crippen molar-refractivity contribution >= 4 is 0 Å². The van der Waals surface area contributed by atoms with Gasteiger partial charge in [0.25, 0.3) is 0 Å². The van der Waals surface area contributed by atoms with E-state index >= 15 is 0 Å². The molecule has 2 heterocycles. The second kappa shape index (κ2) is 7.77. The van der Waals surface area contributed by atoms with Crippen LogP contribution in [0.4, 0.5) is 0 Å². The number of fused-ring (bicyclic) bond motifs is 1. The lowest BCUT2D eigenvalue weighted by molar-refractivity contribution is 0.261. The number of hydrogen-bond donors (Lipinski definition) is 1. The number of ether oxygens (including phenoxy) is 1. The molecule has 6 heteroatoms. The summed E-state index contributed by atoms with van der Waals surface area (Å²) in [5.41, 5.74) is 1.27. The highest BCUT2D eigenvalue weighted by Crippen LogP contribution is 2.15. The van der Waals surface area contributed by atoms with Crippen LogP contribution in [0.2, 0.25) is 0 Å². The normalized spacial score (nSPS) is 17.1. The molecule has 1 N–H and O–H groups in total. The summed E-state index contributed by atoms with van der Waals surface area (Å²) in [5, 5.41) is 8.08. The summed E-state index contributed by atoms with van der Waals surface area (Å²) in [4.78, 5) is 6.57. The van der Waals surface area contributed by atoms with Crippen molar-refractivity contribution in [1.82, 2.24) is 25.0 Å². The van der Waals surface area contributed by atoms with Crippen molar-refractivity contribution in [1.29, 1.82) is 0 Å². The fraction of sp³-hybridized carbons (Fsp3) is 0.556. The average Bonchev–Trinajstić information content (AvgIpc) is 2.93. The fourth-order valence-electron chi connectivity index (χ4n) is 2.91. The van der Waals surface area contributed by atoms with Crippen LogP contribution in [-0.4, -0.2) is 53.0 Å². The molecule has 0 bridgehead atoms. The lowest BCUT2D eigenvalue weighted by atomic mass is 10.1. The van der Waals surface area contributed by atoms with E-state index < -0.39 is 0 Å². The monoisotopic (exact) mass is 329 g/mol. The zero-order valence-electron chi connectivity index (χ0n) is 14.8. The quantitative estimate of drug-likeness (QED) is 0.837. The molecule has 1 atom stereocenters. The van der Waals surface area contributed by atoms with Gasteiger partial charge in [-0.15, -0.1) is 0 Å². The van der Waals surface area contributed by atoms with E-state index in [1.807, 2.05) is 37.8 Å². The van der Waals surface area contributed by atoms with Crippen molar-refractivity contribution < 1.29 is 4.74 Å². The first-order valence-corrected chi connectivity index (χ1v) is 8.60. The number of rotatable bonds is 7. The molecule has 1 aliphatic heterocycles. The van der Waals surface area contributed by atoms with Crippen molar-refractivity contribution in [3.8, 4) is 5.75 Å². The summed E-state index contributed by atoms with van der Waals surface area (Å²) in [6.07, 6.45) is 2.11. The van der Waals surface area contributed by atoms with Crippen LogP contribution in [0.1, 0.15) is 23.6 Å². The molecule has 0 unspecified atom stereocenters. The third-order valence-corrected chi connectivity index (χ3v) is 4.29. The van der Waals surface area contributed by atoms with E-state index in [2.05, 4.69) is 32.4 Å². The smallest absolute Gasteiger partial charge is 0.147 e. The van der Waals surface area contributed by atoms with Crippen LogP contribution >= 0.6 is 0 Å². The first-order valence-electron chi connectivity index (χ1n) is 8.60. The predicted octanol–water partition coefficient (Wildman–Crippen LogP) is 1.63. The molecule has 1 aromatic heterocycles. The molecule has 24 heavy (non-hydrogen) atoms. The fourth-order valence-corrected chi connectivity index (χ4v) is 2.91. The van der Waals surface area contributed by atoms with Gasteiger partial charge in [-0.1, -0.05) is 12.1 Å². The SMILES string of the molecule is Cc1nc2n(n1)C[C@@H](NCc1ccc(OCCN(C)C)cc1)CC2. The van der Waals surface area contributed by atoms with Gasteiger partial charge in [-0.3, -0.25) is 0 Å². The maximum Gasteiger partial charge on any atom is 0.147 e. The lowest BCUT2D eigenvalue weighted by Gasteiger charge is -2.23. The average molecular weight is 329 g/mol. The van der Waals surface area contributed by atoms with Crippen LogP contribution in [-0.2, 0) is 19.5 Å². The molecule has 0 spiro atoms. The van der Waals surface area contributed by atoms with Crippen LogP contribution in [0.5, 0.6) is 5.75 Å². The second-order valence-corrected chi connectivity index (χ2v) is 6.67. The Kier molecular flexibility index (Phi) is 5.48. The first kappa shape index (κ1) is 16.9. The van der Waals surface area contributed by atoms with Gasteiger partial charge >= 0.3 is 0 Å². The van der Waals surface area contributed by atoms with E-state index in [1.165, 1.54) is 5.56 Å². The molecular formula is C18H27N5O. The van der Waals surface area contributed by atoms with Gasteiger partial charge in [0.05, 0.1) is 6.54 Å². The van der Waals surface area contributed by atoms with Gasteiger partial charge in [-0.25, -0.2) is 9.67 Å². The standard InChI is InChI=1S/C18H27N5O/c1-14-20-18-9-6-16(13-23(18)21-14)19-12-15-4-7-17(8-5-15)24-11-10-22(2)3/h4-5,7-8,16,19H,6,9-13H2,1-3H3/t16-/m0/s1. The minimum atomic E-state index is 0.453. The van der Waals surface area contributed by atoms with Crippen molar-refractivity contribution in [2.45, 2.75) is 38.9 Å². The van der Waals surface area contributed by atoms with E-state index in [1.54, 1.807) is 0 Å². The van der Waals surface area contributed by atoms with E-state index in [0.29, 0.717) is 12.6 Å². The minimum Gasteiger partial charge on any atom is -0.492 e. The Bertz CT molecular complexity index is 650. The zero-order chi connectivity index (χ0) is 16.9. The van der Waals surface area contributed by atoms with E-state index in [0.717, 1.165) is 49.9 Å². The van der Waals surface area contributed by atoms with Crippen LogP contribution in [0, 0.1) is 6.92 Å². The Hall–Kier alpha value is -1.92. The lowest BCUT2D eigenvalue weighted by Crippen LogP contribution is -2.37. The van der Waals surface area contributed by atoms with Crippen LogP contribution in [0.25, 0.3) is 0 Å². The summed E-state index contributed by atoms with van der Waals surface area (Å²) in [6, 6.07) is 8.81. The summed E-state index contributed by atoms with van der Waals surface area (Å²) < 4.78 is 7.77. The van der Waals surface area contributed by atoms with E-state index in [-0.39, 0.29) is 0 Å². The predicted molar refractivity (Wildman–Crippen MR) is 94.2 cm³/mol. The number of benzene rings is 1. The Morgan fingerprint density at radius 3 is 2.83 bits per heavy atom. The Morgan fingerprint density at radius 1 is 1.29 bits per heavy atom. The highest BCUT2D eigenvalue weighted by molar-refractivity contribution is 5.27. The van der Waals surface area contributed by atoms with Gasteiger partial charge in [-0.05, 0) is 45.1 Å². The highest BCUT2D eigenvalue weighted by atomic mass is 16.5. The van der Waals surface area contributed by atoms with Gasteiger partial charge in [0.2, 0.25) is 0 Å². The molecule has 0 fully saturated rings. The second-order valence-electron chi connectivity index (χ2n) is 6.67.